The minimum atomic E-state index is 0.0945. The fraction of sp³-hybridized carbons (Fsp3) is 0.125. The van der Waals surface area contributed by atoms with E-state index in [-0.39, 0.29) is 5.75 Å². The molecule has 58 valence electrons. The molecule has 0 heterocycles. The van der Waals surface area contributed by atoms with Crippen LogP contribution in [0.2, 0.25) is 0 Å². The smallest absolute Gasteiger partial charge is 0.152 e. The van der Waals surface area contributed by atoms with Crippen LogP contribution in [-0.2, 0) is 0 Å². The Balaban J connectivity index is 3.23. The van der Waals surface area contributed by atoms with Crippen molar-refractivity contribution in [3.63, 3.8) is 0 Å². The molecule has 0 saturated carbocycles. The van der Waals surface area contributed by atoms with Gasteiger partial charge in [-0.1, -0.05) is 6.07 Å². The summed E-state index contributed by atoms with van der Waals surface area (Å²) in [6.07, 6.45) is 0.700. The van der Waals surface area contributed by atoms with E-state index in [1.54, 1.807) is 19.2 Å². The molecule has 1 rings (SSSR count). The van der Waals surface area contributed by atoms with Crippen LogP contribution in [0.4, 0.5) is 5.69 Å². The number of hydrogen-bond acceptors (Lipinski definition) is 3. The van der Waals surface area contributed by atoms with E-state index >= 15 is 0 Å². The van der Waals surface area contributed by atoms with Gasteiger partial charge in [-0.3, -0.25) is 4.79 Å². The standard InChI is InChI=1S/C8H9NO2/c1-9-8-6(5-10)3-2-4-7(8)11/h2-5,9,11H,1H3. The summed E-state index contributed by atoms with van der Waals surface area (Å²) in [7, 11) is 1.65. The average molecular weight is 151 g/mol. The van der Waals surface area contributed by atoms with Crippen molar-refractivity contribution < 1.29 is 9.90 Å². The van der Waals surface area contributed by atoms with Gasteiger partial charge in [-0.2, -0.15) is 0 Å². The summed E-state index contributed by atoms with van der Waals surface area (Å²) in [5.41, 5.74) is 0.940. The molecule has 0 atom stereocenters. The number of rotatable bonds is 2. The van der Waals surface area contributed by atoms with Crippen LogP contribution in [0.25, 0.3) is 0 Å². The van der Waals surface area contributed by atoms with Crippen molar-refractivity contribution in [2.45, 2.75) is 0 Å². The van der Waals surface area contributed by atoms with Gasteiger partial charge in [0.2, 0.25) is 0 Å². The fourth-order valence-electron chi connectivity index (χ4n) is 0.928. The van der Waals surface area contributed by atoms with Crippen molar-refractivity contribution in [1.29, 1.82) is 0 Å². The van der Waals surface area contributed by atoms with Crippen molar-refractivity contribution in [2.75, 3.05) is 12.4 Å². The second-order valence-electron chi connectivity index (χ2n) is 2.11. The van der Waals surface area contributed by atoms with Gasteiger partial charge in [-0.25, -0.2) is 0 Å². The summed E-state index contributed by atoms with van der Waals surface area (Å²) in [4.78, 5) is 10.4. The van der Waals surface area contributed by atoms with Crippen LogP contribution in [0, 0.1) is 0 Å². The Bertz CT molecular complexity index is 271. The summed E-state index contributed by atoms with van der Waals surface area (Å²) < 4.78 is 0. The van der Waals surface area contributed by atoms with Gasteiger partial charge in [0.25, 0.3) is 0 Å². The zero-order chi connectivity index (χ0) is 8.27. The van der Waals surface area contributed by atoms with E-state index < -0.39 is 0 Å². The summed E-state index contributed by atoms with van der Waals surface area (Å²) in [5.74, 6) is 0.0945. The molecule has 0 fully saturated rings. The molecule has 1 aromatic carbocycles. The third-order valence-electron chi connectivity index (χ3n) is 1.45. The van der Waals surface area contributed by atoms with E-state index in [1.165, 1.54) is 6.07 Å². The van der Waals surface area contributed by atoms with Crippen LogP contribution in [0.1, 0.15) is 10.4 Å². The summed E-state index contributed by atoms with van der Waals surface area (Å²) in [6, 6.07) is 4.79. The number of aldehydes is 1. The molecular weight excluding hydrogens is 142 g/mol. The largest absolute Gasteiger partial charge is 0.506 e. The molecule has 3 heteroatoms. The molecule has 3 nitrogen and oxygen atoms in total. The summed E-state index contributed by atoms with van der Waals surface area (Å²) in [5, 5.41) is 11.9. The molecule has 0 aliphatic rings. The highest BCUT2D eigenvalue weighted by Gasteiger charge is 2.02. The topological polar surface area (TPSA) is 49.3 Å². The van der Waals surface area contributed by atoms with Crippen LogP contribution in [0.5, 0.6) is 5.75 Å². The Labute approximate surface area is 64.7 Å². The molecule has 0 aromatic heterocycles. The monoisotopic (exact) mass is 151 g/mol. The highest BCUT2D eigenvalue weighted by Crippen LogP contribution is 2.24. The first-order valence-corrected chi connectivity index (χ1v) is 3.24. The first kappa shape index (κ1) is 7.60. The molecule has 0 aliphatic carbocycles. The third kappa shape index (κ3) is 1.32. The molecule has 1 aromatic rings. The Morgan fingerprint density at radius 2 is 2.27 bits per heavy atom. The number of carbonyl (C=O) groups is 1. The third-order valence-corrected chi connectivity index (χ3v) is 1.45. The molecule has 0 bridgehead atoms. The lowest BCUT2D eigenvalue weighted by Crippen LogP contribution is -1.93. The first-order valence-electron chi connectivity index (χ1n) is 3.24. The van der Waals surface area contributed by atoms with E-state index in [2.05, 4.69) is 5.32 Å². The van der Waals surface area contributed by atoms with E-state index in [0.717, 1.165) is 0 Å². The summed E-state index contributed by atoms with van der Waals surface area (Å²) in [6.45, 7) is 0. The lowest BCUT2D eigenvalue weighted by Gasteiger charge is -2.04. The molecule has 0 amide bonds. The number of anilines is 1. The molecule has 2 N–H and O–H groups in total. The van der Waals surface area contributed by atoms with E-state index in [9.17, 15) is 9.90 Å². The Kier molecular flexibility index (Phi) is 2.11. The highest BCUT2D eigenvalue weighted by atomic mass is 16.3. The summed E-state index contributed by atoms with van der Waals surface area (Å²) >= 11 is 0. The van der Waals surface area contributed by atoms with E-state index in [1.807, 2.05) is 0 Å². The van der Waals surface area contributed by atoms with Crippen molar-refractivity contribution in [1.82, 2.24) is 0 Å². The maximum Gasteiger partial charge on any atom is 0.152 e. The minimum absolute atomic E-state index is 0.0945. The first-order chi connectivity index (χ1) is 5.29. The van der Waals surface area contributed by atoms with Crippen molar-refractivity contribution in [2.24, 2.45) is 0 Å². The number of benzene rings is 1. The number of aromatic hydroxyl groups is 1. The predicted molar refractivity (Wildman–Crippen MR) is 43.0 cm³/mol. The number of carbonyl (C=O) groups excluding carboxylic acids is 1. The number of nitrogens with one attached hydrogen (secondary N) is 1. The van der Waals surface area contributed by atoms with Crippen molar-refractivity contribution in [3.8, 4) is 5.75 Å². The van der Waals surface area contributed by atoms with Crippen LogP contribution in [0.3, 0.4) is 0 Å². The molecule has 0 spiro atoms. The molecule has 0 unspecified atom stereocenters. The average Bonchev–Trinajstić information content (AvgIpc) is 2.04. The van der Waals surface area contributed by atoms with Crippen LogP contribution in [0.15, 0.2) is 18.2 Å². The van der Waals surface area contributed by atoms with Crippen LogP contribution < -0.4 is 5.32 Å². The lowest BCUT2D eigenvalue weighted by atomic mass is 10.2. The lowest BCUT2D eigenvalue weighted by molar-refractivity contribution is 0.112. The normalized spacial score (nSPS) is 9.18. The maximum absolute atomic E-state index is 10.4. The van der Waals surface area contributed by atoms with Gasteiger partial charge >= 0.3 is 0 Å². The quantitative estimate of drug-likeness (QED) is 0.494. The molecule has 11 heavy (non-hydrogen) atoms. The van der Waals surface area contributed by atoms with Crippen molar-refractivity contribution in [3.05, 3.63) is 23.8 Å². The van der Waals surface area contributed by atoms with Gasteiger partial charge in [-0.15, -0.1) is 0 Å². The van der Waals surface area contributed by atoms with Crippen molar-refractivity contribution >= 4 is 12.0 Å². The van der Waals surface area contributed by atoms with E-state index in [4.69, 9.17) is 0 Å². The van der Waals surface area contributed by atoms with Crippen LogP contribution >= 0.6 is 0 Å². The molecule has 0 aliphatic heterocycles. The Morgan fingerprint density at radius 3 is 2.73 bits per heavy atom. The van der Waals surface area contributed by atoms with Gasteiger partial charge < -0.3 is 10.4 Å². The van der Waals surface area contributed by atoms with Gasteiger partial charge in [0, 0.05) is 12.6 Å². The van der Waals surface area contributed by atoms with Crippen LogP contribution in [-0.4, -0.2) is 18.4 Å². The predicted octanol–water partition coefficient (Wildman–Crippen LogP) is 1.25. The van der Waals surface area contributed by atoms with Gasteiger partial charge in [-0.05, 0) is 12.1 Å². The van der Waals surface area contributed by atoms with Gasteiger partial charge in [0.05, 0.1) is 5.69 Å². The SMILES string of the molecule is CNc1c(O)cccc1C=O. The number of phenolic OH excluding ortho intramolecular Hbond substituents is 1. The zero-order valence-corrected chi connectivity index (χ0v) is 6.16. The Hall–Kier alpha value is -1.51. The molecule has 0 saturated heterocycles. The second kappa shape index (κ2) is 3.05. The second-order valence-corrected chi connectivity index (χ2v) is 2.11. The fourth-order valence-corrected chi connectivity index (χ4v) is 0.928. The zero-order valence-electron chi connectivity index (χ0n) is 6.16. The molecular formula is C8H9NO2. The highest BCUT2D eigenvalue weighted by molar-refractivity contribution is 5.86. The van der Waals surface area contributed by atoms with Gasteiger partial charge in [0.15, 0.2) is 6.29 Å². The number of para-hydroxylation sites is 1. The minimum Gasteiger partial charge on any atom is -0.506 e. The Morgan fingerprint density at radius 1 is 1.55 bits per heavy atom. The maximum atomic E-state index is 10.4. The van der Waals surface area contributed by atoms with Gasteiger partial charge in [0.1, 0.15) is 5.75 Å². The number of hydrogen-bond donors (Lipinski definition) is 2. The van der Waals surface area contributed by atoms with E-state index in [0.29, 0.717) is 17.5 Å². The number of phenols is 1. The molecule has 0 radical (unpaired) electrons.